The van der Waals surface area contributed by atoms with Crippen molar-refractivity contribution in [2.75, 3.05) is 25.4 Å². The van der Waals surface area contributed by atoms with Crippen LogP contribution in [0.2, 0.25) is 0 Å². The van der Waals surface area contributed by atoms with Gasteiger partial charge in [0, 0.05) is 31.0 Å². The van der Waals surface area contributed by atoms with Gasteiger partial charge in [-0.05, 0) is 18.6 Å². The van der Waals surface area contributed by atoms with E-state index in [1.54, 1.807) is 4.90 Å². The summed E-state index contributed by atoms with van der Waals surface area (Å²) in [6.07, 6.45) is 0.866. The minimum absolute atomic E-state index is 0.0217. The number of aromatic amines is 1. The van der Waals surface area contributed by atoms with Gasteiger partial charge >= 0.3 is 0 Å². The number of nitrogens with zero attached hydrogens (tertiary/aromatic N) is 1. The number of hydrogen-bond donors (Lipinski definition) is 3. The van der Waals surface area contributed by atoms with E-state index in [9.17, 15) is 4.79 Å². The Morgan fingerprint density at radius 1 is 1.53 bits per heavy atom. The summed E-state index contributed by atoms with van der Waals surface area (Å²) in [5, 5.41) is 10.1. The Bertz CT molecular complexity index is 620. The van der Waals surface area contributed by atoms with Gasteiger partial charge in [-0.3, -0.25) is 4.79 Å². The number of amides is 1. The highest BCUT2D eigenvalue weighted by Crippen LogP contribution is 2.23. The lowest BCUT2D eigenvalue weighted by atomic mass is 10.1. The minimum atomic E-state index is -0.0217. The second-order valence-electron chi connectivity index (χ2n) is 5.08. The predicted octanol–water partition coefficient (Wildman–Crippen LogP) is 1.20. The molecule has 1 saturated heterocycles. The number of benzene rings is 1. The third-order valence-electron chi connectivity index (χ3n) is 3.75. The molecule has 1 unspecified atom stereocenters. The molecule has 0 aliphatic carbocycles. The SMILES string of the molecule is Nc1cccc2cc(C(=O)N3CCC(CO)C3)[nH]c12. The van der Waals surface area contributed by atoms with Crippen LogP contribution in [0.4, 0.5) is 5.69 Å². The molecule has 1 aliphatic heterocycles. The highest BCUT2D eigenvalue weighted by Gasteiger charge is 2.27. The largest absolute Gasteiger partial charge is 0.397 e. The summed E-state index contributed by atoms with van der Waals surface area (Å²) >= 11 is 0. The van der Waals surface area contributed by atoms with Gasteiger partial charge in [0.15, 0.2) is 0 Å². The molecule has 0 saturated carbocycles. The number of anilines is 1. The number of nitrogens with one attached hydrogen (secondary N) is 1. The van der Waals surface area contributed by atoms with Gasteiger partial charge in [0.2, 0.25) is 0 Å². The van der Waals surface area contributed by atoms with Crippen molar-refractivity contribution in [2.24, 2.45) is 5.92 Å². The second-order valence-corrected chi connectivity index (χ2v) is 5.08. The number of nitrogens with two attached hydrogens (primary N) is 1. The van der Waals surface area contributed by atoms with Crippen LogP contribution in [0.25, 0.3) is 10.9 Å². The van der Waals surface area contributed by atoms with Gasteiger partial charge in [0.1, 0.15) is 5.69 Å². The Hall–Kier alpha value is -2.01. The van der Waals surface area contributed by atoms with Crippen molar-refractivity contribution in [3.63, 3.8) is 0 Å². The molecule has 1 amide bonds. The van der Waals surface area contributed by atoms with Gasteiger partial charge in [-0.1, -0.05) is 12.1 Å². The van der Waals surface area contributed by atoms with Gasteiger partial charge in [-0.25, -0.2) is 0 Å². The van der Waals surface area contributed by atoms with Crippen LogP contribution in [0.3, 0.4) is 0 Å². The van der Waals surface area contributed by atoms with Crippen LogP contribution in [0, 0.1) is 5.92 Å². The molecule has 1 aromatic carbocycles. The molecule has 2 aromatic rings. The van der Waals surface area contributed by atoms with E-state index >= 15 is 0 Å². The fourth-order valence-corrected chi connectivity index (χ4v) is 2.63. The van der Waals surface area contributed by atoms with Gasteiger partial charge < -0.3 is 20.7 Å². The molecule has 0 bridgehead atoms. The molecule has 1 aromatic heterocycles. The van der Waals surface area contributed by atoms with Crippen molar-refractivity contribution >= 4 is 22.5 Å². The molecule has 2 heterocycles. The third kappa shape index (κ3) is 2.06. The van der Waals surface area contributed by atoms with Crippen LogP contribution < -0.4 is 5.73 Å². The van der Waals surface area contributed by atoms with Crippen LogP contribution in [0.15, 0.2) is 24.3 Å². The first-order chi connectivity index (χ1) is 9.19. The molecular weight excluding hydrogens is 242 g/mol. The summed E-state index contributed by atoms with van der Waals surface area (Å²) in [5.74, 6) is 0.185. The van der Waals surface area contributed by atoms with Crippen molar-refractivity contribution in [1.29, 1.82) is 0 Å². The normalized spacial score (nSPS) is 19.2. The second kappa shape index (κ2) is 4.59. The van der Waals surface area contributed by atoms with E-state index in [4.69, 9.17) is 10.8 Å². The highest BCUT2D eigenvalue weighted by molar-refractivity contribution is 6.00. The number of aromatic nitrogens is 1. The lowest BCUT2D eigenvalue weighted by molar-refractivity contribution is 0.0777. The summed E-state index contributed by atoms with van der Waals surface area (Å²) in [7, 11) is 0. The number of nitrogen functional groups attached to an aromatic ring is 1. The Balaban J connectivity index is 1.88. The van der Waals surface area contributed by atoms with Crippen LogP contribution in [0.5, 0.6) is 0 Å². The molecule has 3 rings (SSSR count). The highest BCUT2D eigenvalue weighted by atomic mass is 16.3. The molecule has 100 valence electrons. The molecule has 5 nitrogen and oxygen atoms in total. The standard InChI is InChI=1S/C14H17N3O2/c15-11-3-1-2-10-6-12(16-13(10)11)14(19)17-5-4-9(7-17)8-18/h1-3,6,9,16,18H,4-5,7-8,15H2. The third-order valence-corrected chi connectivity index (χ3v) is 3.75. The molecule has 5 heteroatoms. The molecule has 19 heavy (non-hydrogen) atoms. The lowest BCUT2D eigenvalue weighted by Gasteiger charge is -2.14. The number of likely N-dealkylation sites (tertiary alicyclic amines) is 1. The first-order valence-corrected chi connectivity index (χ1v) is 6.46. The number of aliphatic hydroxyl groups excluding tert-OH is 1. The number of hydrogen-bond acceptors (Lipinski definition) is 3. The van der Waals surface area contributed by atoms with Crippen molar-refractivity contribution < 1.29 is 9.90 Å². The summed E-state index contributed by atoms with van der Waals surface area (Å²) in [4.78, 5) is 17.2. The van der Waals surface area contributed by atoms with Gasteiger partial charge in [-0.15, -0.1) is 0 Å². The maximum absolute atomic E-state index is 12.4. The van der Waals surface area contributed by atoms with E-state index in [1.807, 2.05) is 24.3 Å². The van der Waals surface area contributed by atoms with Crippen molar-refractivity contribution in [3.8, 4) is 0 Å². The van der Waals surface area contributed by atoms with E-state index in [0.717, 1.165) is 17.3 Å². The van der Waals surface area contributed by atoms with Crippen LogP contribution in [-0.4, -0.2) is 40.6 Å². The average Bonchev–Trinajstić information content (AvgIpc) is 3.05. The molecule has 1 fully saturated rings. The summed E-state index contributed by atoms with van der Waals surface area (Å²) in [6, 6.07) is 7.45. The smallest absolute Gasteiger partial charge is 0.270 e. The summed E-state index contributed by atoms with van der Waals surface area (Å²) in [6.45, 7) is 1.47. The first-order valence-electron chi connectivity index (χ1n) is 6.46. The first kappa shape index (κ1) is 12.0. The topological polar surface area (TPSA) is 82.3 Å². The van der Waals surface area contributed by atoms with Gasteiger partial charge in [0.25, 0.3) is 5.91 Å². The molecule has 4 N–H and O–H groups in total. The maximum atomic E-state index is 12.4. The van der Waals surface area contributed by atoms with Crippen molar-refractivity contribution in [1.82, 2.24) is 9.88 Å². The van der Waals surface area contributed by atoms with Crippen molar-refractivity contribution in [3.05, 3.63) is 30.0 Å². The Kier molecular flexibility index (Phi) is 2.91. The number of aliphatic hydroxyl groups is 1. The molecular formula is C14H17N3O2. The zero-order valence-electron chi connectivity index (χ0n) is 10.6. The molecule has 1 aliphatic rings. The van der Waals surface area contributed by atoms with E-state index in [1.165, 1.54) is 0 Å². The van der Waals surface area contributed by atoms with Crippen LogP contribution in [0.1, 0.15) is 16.9 Å². The Morgan fingerprint density at radius 3 is 3.05 bits per heavy atom. The summed E-state index contributed by atoms with van der Waals surface area (Å²) < 4.78 is 0. The van der Waals surface area contributed by atoms with E-state index in [2.05, 4.69) is 4.98 Å². The van der Waals surface area contributed by atoms with E-state index < -0.39 is 0 Å². The lowest BCUT2D eigenvalue weighted by Crippen LogP contribution is -2.29. The van der Waals surface area contributed by atoms with E-state index in [0.29, 0.717) is 24.5 Å². The predicted molar refractivity (Wildman–Crippen MR) is 73.8 cm³/mol. The zero-order valence-corrected chi connectivity index (χ0v) is 10.6. The number of H-pyrrole nitrogens is 1. The monoisotopic (exact) mass is 259 g/mol. The van der Waals surface area contributed by atoms with Crippen LogP contribution in [-0.2, 0) is 0 Å². The number of fused-ring (bicyclic) bond motifs is 1. The zero-order chi connectivity index (χ0) is 13.4. The average molecular weight is 259 g/mol. The fraction of sp³-hybridized carbons (Fsp3) is 0.357. The van der Waals surface area contributed by atoms with E-state index in [-0.39, 0.29) is 18.4 Å². The minimum Gasteiger partial charge on any atom is -0.397 e. The fourth-order valence-electron chi connectivity index (χ4n) is 2.63. The maximum Gasteiger partial charge on any atom is 0.270 e. The van der Waals surface area contributed by atoms with Gasteiger partial charge in [-0.2, -0.15) is 0 Å². The number of carbonyl (C=O) groups excluding carboxylic acids is 1. The van der Waals surface area contributed by atoms with Gasteiger partial charge in [0.05, 0.1) is 11.2 Å². The Labute approximate surface area is 111 Å². The number of para-hydroxylation sites is 1. The Morgan fingerprint density at radius 2 is 2.37 bits per heavy atom. The van der Waals surface area contributed by atoms with Crippen molar-refractivity contribution in [2.45, 2.75) is 6.42 Å². The quantitative estimate of drug-likeness (QED) is 0.709. The molecule has 0 spiro atoms. The molecule has 0 radical (unpaired) electrons. The molecule has 1 atom stereocenters. The number of carbonyl (C=O) groups is 1. The number of rotatable bonds is 2. The van der Waals surface area contributed by atoms with Crippen LogP contribution >= 0.6 is 0 Å². The summed E-state index contributed by atoms with van der Waals surface area (Å²) in [5.41, 5.74) is 7.89.